The number of rotatable bonds is 0. The molecule has 10 heavy (non-hydrogen) atoms. The Morgan fingerprint density at radius 3 is 2.50 bits per heavy atom. The standard InChI is InChI=1S/C6H10O4/c7-4-2-1-3-5(8)6(4,9)10/h4,7,9-10H,1-3H2/t4-/m1/s1. The second-order valence-electron chi connectivity index (χ2n) is 2.56. The number of ketones is 1. The molecular weight excluding hydrogens is 136 g/mol. The third-order valence-electron chi connectivity index (χ3n) is 1.76. The molecular formula is C6H10O4. The van der Waals surface area contributed by atoms with Crippen LogP contribution < -0.4 is 0 Å². The van der Waals surface area contributed by atoms with Gasteiger partial charge in [0.2, 0.25) is 0 Å². The molecule has 0 aromatic heterocycles. The van der Waals surface area contributed by atoms with Gasteiger partial charge in [0, 0.05) is 6.42 Å². The van der Waals surface area contributed by atoms with E-state index in [1.54, 1.807) is 0 Å². The van der Waals surface area contributed by atoms with Crippen LogP contribution in [0.2, 0.25) is 0 Å². The van der Waals surface area contributed by atoms with E-state index in [9.17, 15) is 4.79 Å². The van der Waals surface area contributed by atoms with E-state index in [1.807, 2.05) is 0 Å². The molecule has 1 rings (SSSR count). The van der Waals surface area contributed by atoms with Crippen LogP contribution in [0.25, 0.3) is 0 Å². The van der Waals surface area contributed by atoms with Gasteiger partial charge in [0.05, 0.1) is 0 Å². The van der Waals surface area contributed by atoms with Crippen LogP contribution in [0.15, 0.2) is 0 Å². The van der Waals surface area contributed by atoms with Crippen molar-refractivity contribution >= 4 is 5.78 Å². The molecule has 0 amide bonds. The van der Waals surface area contributed by atoms with Gasteiger partial charge in [0.1, 0.15) is 6.10 Å². The van der Waals surface area contributed by atoms with E-state index in [0.29, 0.717) is 6.42 Å². The number of hydrogen-bond acceptors (Lipinski definition) is 4. The van der Waals surface area contributed by atoms with Gasteiger partial charge in [-0.3, -0.25) is 4.79 Å². The number of aliphatic hydroxyl groups excluding tert-OH is 1. The summed E-state index contributed by atoms with van der Waals surface area (Å²) in [7, 11) is 0. The highest BCUT2D eigenvalue weighted by Gasteiger charge is 2.43. The van der Waals surface area contributed by atoms with Crippen LogP contribution in [0, 0.1) is 0 Å². The van der Waals surface area contributed by atoms with Gasteiger partial charge in [0.15, 0.2) is 5.78 Å². The first-order valence-corrected chi connectivity index (χ1v) is 3.21. The summed E-state index contributed by atoms with van der Waals surface area (Å²) in [6.45, 7) is 0. The molecule has 4 heteroatoms. The molecule has 0 saturated heterocycles. The molecule has 1 aliphatic carbocycles. The Morgan fingerprint density at radius 2 is 2.10 bits per heavy atom. The van der Waals surface area contributed by atoms with Crippen molar-refractivity contribution in [1.29, 1.82) is 0 Å². The molecule has 0 unspecified atom stereocenters. The van der Waals surface area contributed by atoms with Crippen LogP contribution in [-0.2, 0) is 4.79 Å². The Balaban J connectivity index is 2.73. The van der Waals surface area contributed by atoms with Crippen molar-refractivity contribution in [3.8, 4) is 0 Å². The molecule has 58 valence electrons. The van der Waals surface area contributed by atoms with Crippen molar-refractivity contribution in [3.63, 3.8) is 0 Å². The minimum Gasteiger partial charge on any atom is -0.387 e. The highest BCUT2D eigenvalue weighted by Crippen LogP contribution is 2.22. The molecule has 0 heterocycles. The number of aliphatic hydroxyl groups is 3. The number of carbonyl (C=O) groups excluding carboxylic acids is 1. The van der Waals surface area contributed by atoms with E-state index >= 15 is 0 Å². The zero-order valence-electron chi connectivity index (χ0n) is 5.45. The lowest BCUT2D eigenvalue weighted by Gasteiger charge is -2.29. The van der Waals surface area contributed by atoms with Gasteiger partial charge >= 0.3 is 0 Å². The quantitative estimate of drug-likeness (QED) is 0.374. The van der Waals surface area contributed by atoms with E-state index in [-0.39, 0.29) is 12.8 Å². The lowest BCUT2D eigenvalue weighted by atomic mass is 9.90. The minimum absolute atomic E-state index is 0.143. The van der Waals surface area contributed by atoms with Gasteiger partial charge in [-0.25, -0.2) is 0 Å². The van der Waals surface area contributed by atoms with E-state index in [1.165, 1.54) is 0 Å². The van der Waals surface area contributed by atoms with Crippen molar-refractivity contribution < 1.29 is 20.1 Å². The third-order valence-corrected chi connectivity index (χ3v) is 1.76. The van der Waals surface area contributed by atoms with Gasteiger partial charge in [-0.2, -0.15) is 0 Å². The lowest BCUT2D eigenvalue weighted by Crippen LogP contribution is -2.51. The smallest absolute Gasteiger partial charge is 0.250 e. The Morgan fingerprint density at radius 1 is 1.50 bits per heavy atom. The number of Topliss-reactive ketones (excluding diaryl/α,β-unsaturated/α-hetero) is 1. The van der Waals surface area contributed by atoms with Crippen LogP contribution in [0.4, 0.5) is 0 Å². The maximum atomic E-state index is 10.7. The predicted octanol–water partition coefficient (Wildman–Crippen LogP) is -1.22. The van der Waals surface area contributed by atoms with Crippen LogP contribution in [0.1, 0.15) is 19.3 Å². The molecule has 0 spiro atoms. The summed E-state index contributed by atoms with van der Waals surface area (Å²) in [5, 5.41) is 26.6. The predicted molar refractivity (Wildman–Crippen MR) is 32.0 cm³/mol. The maximum absolute atomic E-state index is 10.7. The van der Waals surface area contributed by atoms with Gasteiger partial charge in [0.25, 0.3) is 5.79 Å². The highest BCUT2D eigenvalue weighted by atomic mass is 16.5. The summed E-state index contributed by atoms with van der Waals surface area (Å²) >= 11 is 0. The Bertz CT molecular complexity index is 152. The topological polar surface area (TPSA) is 77.8 Å². The number of hydrogen-bond donors (Lipinski definition) is 3. The van der Waals surface area contributed by atoms with Crippen molar-refractivity contribution in [3.05, 3.63) is 0 Å². The normalized spacial score (nSPS) is 32.3. The van der Waals surface area contributed by atoms with Gasteiger partial charge in [-0.05, 0) is 12.8 Å². The fourth-order valence-electron chi connectivity index (χ4n) is 1.03. The maximum Gasteiger partial charge on any atom is 0.250 e. The summed E-state index contributed by atoms with van der Waals surface area (Å²) in [5.41, 5.74) is 0. The first kappa shape index (κ1) is 7.65. The zero-order valence-corrected chi connectivity index (χ0v) is 5.45. The Kier molecular flexibility index (Phi) is 1.76. The van der Waals surface area contributed by atoms with Crippen molar-refractivity contribution in [2.75, 3.05) is 0 Å². The van der Waals surface area contributed by atoms with Crippen molar-refractivity contribution in [2.45, 2.75) is 31.2 Å². The van der Waals surface area contributed by atoms with Crippen molar-refractivity contribution in [2.24, 2.45) is 0 Å². The molecule has 1 aliphatic rings. The van der Waals surface area contributed by atoms with E-state index in [0.717, 1.165) is 0 Å². The zero-order chi connectivity index (χ0) is 7.78. The first-order chi connectivity index (χ1) is 4.55. The van der Waals surface area contributed by atoms with Crippen LogP contribution >= 0.6 is 0 Å². The van der Waals surface area contributed by atoms with Crippen LogP contribution in [0.5, 0.6) is 0 Å². The average Bonchev–Trinajstić information content (AvgIpc) is 1.84. The van der Waals surface area contributed by atoms with Crippen molar-refractivity contribution in [1.82, 2.24) is 0 Å². The van der Waals surface area contributed by atoms with E-state index in [2.05, 4.69) is 0 Å². The molecule has 4 nitrogen and oxygen atoms in total. The Hall–Kier alpha value is -0.450. The van der Waals surface area contributed by atoms with Gasteiger partial charge < -0.3 is 15.3 Å². The molecule has 0 aromatic rings. The second kappa shape index (κ2) is 2.30. The summed E-state index contributed by atoms with van der Waals surface area (Å²) in [5.74, 6) is -3.18. The largest absolute Gasteiger partial charge is 0.387 e. The Labute approximate surface area is 58.1 Å². The summed E-state index contributed by atoms with van der Waals surface area (Å²) in [4.78, 5) is 10.7. The van der Waals surface area contributed by atoms with Gasteiger partial charge in [-0.15, -0.1) is 0 Å². The summed E-state index contributed by atoms with van der Waals surface area (Å²) in [6, 6.07) is 0. The molecule has 0 bridgehead atoms. The molecule has 1 fully saturated rings. The van der Waals surface area contributed by atoms with E-state index in [4.69, 9.17) is 15.3 Å². The van der Waals surface area contributed by atoms with Crippen LogP contribution in [0.3, 0.4) is 0 Å². The first-order valence-electron chi connectivity index (χ1n) is 3.21. The molecule has 1 atom stereocenters. The fourth-order valence-corrected chi connectivity index (χ4v) is 1.03. The van der Waals surface area contributed by atoms with Gasteiger partial charge in [-0.1, -0.05) is 0 Å². The van der Waals surface area contributed by atoms with Crippen LogP contribution in [-0.4, -0.2) is 33.0 Å². The SMILES string of the molecule is O=C1CCC[C@@H](O)C1(O)O. The fraction of sp³-hybridized carbons (Fsp3) is 0.833. The average molecular weight is 146 g/mol. The molecule has 3 N–H and O–H groups in total. The molecule has 0 aromatic carbocycles. The highest BCUT2D eigenvalue weighted by molar-refractivity contribution is 5.86. The van der Waals surface area contributed by atoms with E-state index < -0.39 is 17.7 Å². The third kappa shape index (κ3) is 1.05. The molecule has 0 radical (unpaired) electrons. The lowest BCUT2D eigenvalue weighted by molar-refractivity contribution is -0.226. The minimum atomic E-state index is -2.49. The second-order valence-corrected chi connectivity index (χ2v) is 2.56. The summed E-state index contributed by atoms with van der Waals surface area (Å²) < 4.78 is 0. The molecule has 1 saturated carbocycles. The monoisotopic (exact) mass is 146 g/mol. The summed E-state index contributed by atoms with van der Waals surface area (Å²) in [6.07, 6.45) is -0.361. The number of carbonyl (C=O) groups is 1. The molecule has 0 aliphatic heterocycles.